The van der Waals surface area contributed by atoms with Gasteiger partial charge in [-0.05, 0) is 0 Å². The first-order valence-electron chi connectivity index (χ1n) is 3.12. The number of hydrogen-bond donors (Lipinski definition) is 0. The van der Waals surface area contributed by atoms with Crippen molar-refractivity contribution in [3.8, 4) is 0 Å². The summed E-state index contributed by atoms with van der Waals surface area (Å²) >= 11 is 0. The molecule has 0 aromatic carbocycles. The zero-order valence-electron chi connectivity index (χ0n) is 6.65. The van der Waals surface area contributed by atoms with Gasteiger partial charge in [0.25, 0.3) is 0 Å². The Morgan fingerprint density at radius 2 is 2.00 bits per heavy atom. The van der Waals surface area contributed by atoms with Crippen molar-refractivity contribution in [2.24, 2.45) is 5.92 Å². The molecule has 0 saturated heterocycles. The van der Waals surface area contributed by atoms with E-state index in [-0.39, 0.29) is 37.9 Å². The molecule has 0 aliphatic carbocycles. The van der Waals surface area contributed by atoms with E-state index in [0.29, 0.717) is 5.92 Å². The quantitative estimate of drug-likeness (QED) is 0.495. The smallest absolute Gasteiger partial charge is 0 e. The second-order valence-corrected chi connectivity index (χ2v) is 4.13. The normalized spacial score (nSPS) is 19.7. The zero-order valence-corrected chi connectivity index (χ0v) is 10.6. The van der Waals surface area contributed by atoms with Crippen molar-refractivity contribution < 1.29 is 32.7 Å². The molecule has 3 unspecified atom stereocenters. The van der Waals surface area contributed by atoms with E-state index in [0.717, 1.165) is 0 Å². The molecule has 2 heteroatoms. The molecule has 0 nitrogen and oxygen atoms in total. The molecule has 0 aliphatic heterocycles. The maximum absolute atomic E-state index is 4.00. The molecule has 9 heavy (non-hydrogen) atoms. The fourth-order valence-electron chi connectivity index (χ4n) is 0.466. The summed E-state index contributed by atoms with van der Waals surface area (Å²) in [6.45, 7) is 10.6. The van der Waals surface area contributed by atoms with Crippen molar-refractivity contribution in [3.05, 3.63) is 6.92 Å². The van der Waals surface area contributed by atoms with Gasteiger partial charge in [-0.1, -0.05) is 33.1 Å². The molecule has 0 bridgehead atoms. The van der Waals surface area contributed by atoms with Gasteiger partial charge in [-0.2, -0.15) is 9.24 Å². The monoisotopic (exact) mass is 220 g/mol. The predicted molar refractivity (Wildman–Crippen MR) is 42.9 cm³/mol. The van der Waals surface area contributed by atoms with Crippen LogP contribution >= 0.6 is 9.24 Å². The molecule has 53 valence electrons. The zero-order chi connectivity index (χ0) is 6.78. The summed E-state index contributed by atoms with van der Waals surface area (Å²) in [5, 5.41) is 0.175. The Morgan fingerprint density at radius 1 is 1.67 bits per heavy atom. The summed E-state index contributed by atoms with van der Waals surface area (Å²) in [6, 6.07) is 0. The van der Waals surface area contributed by atoms with E-state index in [1.807, 2.05) is 0 Å². The largest absolute Gasteiger partial charge is 0.333 e. The molecule has 0 spiro atoms. The molecule has 0 saturated carbocycles. The van der Waals surface area contributed by atoms with E-state index in [9.17, 15) is 0 Å². The molecule has 0 aromatic heterocycles. The van der Waals surface area contributed by atoms with Crippen molar-refractivity contribution in [1.82, 2.24) is 0 Å². The average molecular weight is 220 g/mol. The van der Waals surface area contributed by atoms with E-state index in [2.05, 4.69) is 36.9 Å². The van der Waals surface area contributed by atoms with Gasteiger partial charge < -0.3 is 6.92 Å². The minimum absolute atomic E-state index is 0. The van der Waals surface area contributed by atoms with Crippen LogP contribution in [0, 0.1) is 12.8 Å². The van der Waals surface area contributed by atoms with Gasteiger partial charge in [-0.25, -0.2) is 0 Å². The van der Waals surface area contributed by atoms with Crippen LogP contribution in [0.2, 0.25) is 0 Å². The SMILES string of the molecule is [CH2-]C(C)(P)C(C)CC.[Y]. The fourth-order valence-corrected chi connectivity index (χ4v) is 0.702. The summed E-state index contributed by atoms with van der Waals surface area (Å²) in [5.41, 5.74) is 0. The Balaban J connectivity index is 0. The molecule has 3 atom stereocenters. The first-order valence-corrected chi connectivity index (χ1v) is 3.70. The molecular formula is C7H16PY-. The Hall–Kier alpha value is 1.53. The average Bonchev–Trinajstić information content (AvgIpc) is 1.62. The maximum atomic E-state index is 4.00. The van der Waals surface area contributed by atoms with Gasteiger partial charge in [-0.15, -0.1) is 5.16 Å². The maximum Gasteiger partial charge on any atom is 0 e. The van der Waals surface area contributed by atoms with Gasteiger partial charge in [0, 0.05) is 32.7 Å². The van der Waals surface area contributed by atoms with Crippen LogP contribution in [0.4, 0.5) is 0 Å². The summed E-state index contributed by atoms with van der Waals surface area (Å²) in [5.74, 6) is 0.701. The molecule has 0 rings (SSSR count). The van der Waals surface area contributed by atoms with E-state index >= 15 is 0 Å². The second kappa shape index (κ2) is 5.22. The van der Waals surface area contributed by atoms with Gasteiger partial charge in [-0.3, -0.25) is 0 Å². The van der Waals surface area contributed by atoms with E-state index < -0.39 is 0 Å². The van der Waals surface area contributed by atoms with Crippen LogP contribution in [0.5, 0.6) is 0 Å². The number of hydrogen-bond acceptors (Lipinski definition) is 0. The van der Waals surface area contributed by atoms with Crippen LogP contribution in [-0.4, -0.2) is 5.16 Å². The molecule has 0 N–H and O–H groups in total. The number of rotatable bonds is 2. The Bertz CT molecular complexity index is 65.8. The van der Waals surface area contributed by atoms with Crippen LogP contribution in [0.25, 0.3) is 0 Å². The van der Waals surface area contributed by atoms with Crippen molar-refractivity contribution in [2.45, 2.75) is 32.3 Å². The first kappa shape index (κ1) is 13.1. The van der Waals surface area contributed by atoms with E-state index in [1.165, 1.54) is 6.42 Å². The van der Waals surface area contributed by atoms with Crippen molar-refractivity contribution in [1.29, 1.82) is 0 Å². The summed E-state index contributed by atoms with van der Waals surface area (Å²) < 4.78 is 0. The van der Waals surface area contributed by atoms with E-state index in [1.54, 1.807) is 0 Å². The second-order valence-electron chi connectivity index (χ2n) is 2.82. The van der Waals surface area contributed by atoms with Crippen molar-refractivity contribution in [2.75, 3.05) is 0 Å². The van der Waals surface area contributed by atoms with Gasteiger partial charge >= 0.3 is 0 Å². The van der Waals surface area contributed by atoms with Gasteiger partial charge in [0.05, 0.1) is 0 Å². The molecule has 0 heterocycles. The van der Waals surface area contributed by atoms with E-state index in [4.69, 9.17) is 0 Å². The third kappa shape index (κ3) is 5.95. The topological polar surface area (TPSA) is 0 Å². The molecule has 1 radical (unpaired) electrons. The minimum Gasteiger partial charge on any atom is -0.333 e. The summed E-state index contributed by atoms with van der Waals surface area (Å²) in [6.07, 6.45) is 1.21. The summed E-state index contributed by atoms with van der Waals surface area (Å²) in [7, 11) is 2.76. The standard InChI is InChI=1S/C7H16P.Y/c1-5-6(2)7(3,4)8;/h6H,3,5,8H2,1-2,4H3;/q-1;. The fraction of sp³-hybridized carbons (Fsp3) is 0.857. The Morgan fingerprint density at radius 3 is 2.00 bits per heavy atom. The van der Waals surface area contributed by atoms with Crippen molar-refractivity contribution >= 4 is 9.24 Å². The molecular weight excluding hydrogens is 204 g/mol. The molecule has 0 aliphatic rings. The van der Waals surface area contributed by atoms with Crippen LogP contribution in [0.15, 0.2) is 0 Å². The third-order valence-corrected chi connectivity index (χ3v) is 2.31. The minimum atomic E-state index is 0. The Kier molecular flexibility index (Phi) is 7.62. The van der Waals surface area contributed by atoms with Crippen molar-refractivity contribution in [3.63, 3.8) is 0 Å². The van der Waals surface area contributed by atoms with Crippen LogP contribution < -0.4 is 0 Å². The van der Waals surface area contributed by atoms with Gasteiger partial charge in [0.1, 0.15) is 0 Å². The Labute approximate surface area is 86.6 Å². The van der Waals surface area contributed by atoms with Gasteiger partial charge in [0.2, 0.25) is 0 Å². The van der Waals surface area contributed by atoms with Crippen LogP contribution in [-0.2, 0) is 32.7 Å². The summed E-state index contributed by atoms with van der Waals surface area (Å²) in [4.78, 5) is 0. The van der Waals surface area contributed by atoms with Crippen LogP contribution in [0.3, 0.4) is 0 Å². The molecule has 0 amide bonds. The molecule has 0 fully saturated rings. The van der Waals surface area contributed by atoms with Crippen LogP contribution in [0.1, 0.15) is 27.2 Å². The first-order chi connectivity index (χ1) is 3.48. The van der Waals surface area contributed by atoms with Gasteiger partial charge in [0.15, 0.2) is 0 Å². The predicted octanol–water partition coefficient (Wildman–Crippen LogP) is 2.50. The molecule has 0 aromatic rings. The third-order valence-electron chi connectivity index (χ3n) is 1.74.